The maximum atomic E-state index is 4.76. The van der Waals surface area contributed by atoms with Crippen molar-refractivity contribution in [2.45, 2.75) is 26.9 Å². The molecule has 0 saturated heterocycles. The number of hydrogen-bond donors (Lipinski definition) is 0. The Balaban J connectivity index is 2.91. The standard InChI is InChI=1S/C6H12O2S/c1-4-5-9-8-7-6(2)3/h4-6H,1-3H3. The topological polar surface area (TPSA) is 18.5 Å². The Morgan fingerprint density at radius 2 is 2.11 bits per heavy atom. The molecule has 0 N–H and O–H groups in total. The molecule has 0 spiro atoms. The summed E-state index contributed by atoms with van der Waals surface area (Å²) in [5, 5.41) is 1.81. The van der Waals surface area contributed by atoms with Crippen molar-refractivity contribution in [3.63, 3.8) is 0 Å². The average molecular weight is 148 g/mol. The predicted octanol–water partition coefficient (Wildman–Crippen LogP) is 2.52. The van der Waals surface area contributed by atoms with Gasteiger partial charge in [0.2, 0.25) is 0 Å². The van der Waals surface area contributed by atoms with Gasteiger partial charge in [0, 0.05) is 0 Å². The van der Waals surface area contributed by atoms with Crippen LogP contribution in [-0.4, -0.2) is 6.10 Å². The fraction of sp³-hybridized carbons (Fsp3) is 0.667. The van der Waals surface area contributed by atoms with Crippen LogP contribution in [0.4, 0.5) is 0 Å². The van der Waals surface area contributed by atoms with E-state index in [0.29, 0.717) is 0 Å². The molecule has 0 bridgehead atoms. The summed E-state index contributed by atoms with van der Waals surface area (Å²) in [5.41, 5.74) is 0. The lowest BCUT2D eigenvalue weighted by molar-refractivity contribution is -0.219. The molecule has 0 aromatic heterocycles. The second-order valence-electron chi connectivity index (χ2n) is 1.78. The summed E-state index contributed by atoms with van der Waals surface area (Å²) >= 11 is 1.18. The minimum absolute atomic E-state index is 0.128. The highest BCUT2D eigenvalue weighted by molar-refractivity contribution is 7.97. The molecule has 0 fully saturated rings. The van der Waals surface area contributed by atoms with Gasteiger partial charge in [0.05, 0.1) is 18.1 Å². The molecular weight excluding hydrogens is 136 g/mol. The van der Waals surface area contributed by atoms with Crippen LogP contribution in [0.5, 0.6) is 0 Å². The Bertz CT molecular complexity index is 81.1. The van der Waals surface area contributed by atoms with E-state index >= 15 is 0 Å². The zero-order chi connectivity index (χ0) is 7.11. The molecule has 0 aliphatic heterocycles. The minimum atomic E-state index is 0.128. The van der Waals surface area contributed by atoms with E-state index in [1.165, 1.54) is 12.0 Å². The molecule has 3 heteroatoms. The molecular formula is C6H12O2S. The number of allylic oxidation sites excluding steroid dienone is 1. The van der Waals surface area contributed by atoms with Gasteiger partial charge in [-0.25, -0.2) is 4.89 Å². The molecule has 0 radical (unpaired) electrons. The van der Waals surface area contributed by atoms with E-state index in [-0.39, 0.29) is 6.10 Å². The molecule has 0 heterocycles. The summed E-state index contributed by atoms with van der Waals surface area (Å²) in [4.78, 5) is 4.76. The largest absolute Gasteiger partial charge is 0.221 e. The van der Waals surface area contributed by atoms with Crippen molar-refractivity contribution in [2.24, 2.45) is 0 Å². The van der Waals surface area contributed by atoms with Gasteiger partial charge in [0.15, 0.2) is 0 Å². The highest BCUT2D eigenvalue weighted by Crippen LogP contribution is 2.05. The lowest BCUT2D eigenvalue weighted by atomic mass is 10.5. The lowest BCUT2D eigenvalue weighted by Gasteiger charge is -2.01. The highest BCUT2D eigenvalue weighted by atomic mass is 32.2. The molecule has 0 amide bonds. The second kappa shape index (κ2) is 6.13. The monoisotopic (exact) mass is 148 g/mol. The van der Waals surface area contributed by atoms with Gasteiger partial charge in [-0.2, -0.15) is 4.33 Å². The third-order valence-electron chi connectivity index (χ3n) is 0.463. The lowest BCUT2D eigenvalue weighted by Crippen LogP contribution is -1.98. The normalized spacial score (nSPS) is 11.6. The van der Waals surface area contributed by atoms with Crippen molar-refractivity contribution in [3.8, 4) is 0 Å². The predicted molar refractivity (Wildman–Crippen MR) is 39.7 cm³/mol. The zero-order valence-electron chi connectivity index (χ0n) is 5.96. The summed E-state index contributed by atoms with van der Waals surface area (Å²) in [6.07, 6.45) is 2.01. The third-order valence-corrected chi connectivity index (χ3v) is 1.00. The minimum Gasteiger partial charge on any atom is -0.221 e. The van der Waals surface area contributed by atoms with Gasteiger partial charge in [-0.3, -0.25) is 0 Å². The summed E-state index contributed by atoms with van der Waals surface area (Å²) in [6, 6.07) is 0. The van der Waals surface area contributed by atoms with Crippen LogP contribution in [0.1, 0.15) is 20.8 Å². The van der Waals surface area contributed by atoms with E-state index in [1.54, 1.807) is 0 Å². The van der Waals surface area contributed by atoms with Crippen LogP contribution < -0.4 is 0 Å². The Labute approximate surface area is 60.4 Å². The van der Waals surface area contributed by atoms with Gasteiger partial charge in [0.1, 0.15) is 0 Å². The summed E-state index contributed by atoms with van der Waals surface area (Å²) in [5.74, 6) is 0. The van der Waals surface area contributed by atoms with Crippen molar-refractivity contribution in [2.75, 3.05) is 0 Å². The average Bonchev–Trinajstić information content (AvgIpc) is 1.80. The quantitative estimate of drug-likeness (QED) is 0.264. The van der Waals surface area contributed by atoms with Crippen molar-refractivity contribution in [1.29, 1.82) is 0 Å². The van der Waals surface area contributed by atoms with E-state index in [0.717, 1.165) is 0 Å². The summed E-state index contributed by atoms with van der Waals surface area (Å²) in [6.45, 7) is 5.75. The molecule has 0 aliphatic rings. The molecule has 2 nitrogen and oxygen atoms in total. The van der Waals surface area contributed by atoms with Gasteiger partial charge in [-0.05, 0) is 26.2 Å². The van der Waals surface area contributed by atoms with Gasteiger partial charge >= 0.3 is 0 Å². The molecule has 0 unspecified atom stereocenters. The Hall–Kier alpha value is 0.01000. The van der Waals surface area contributed by atoms with Crippen LogP contribution in [0.3, 0.4) is 0 Å². The van der Waals surface area contributed by atoms with Crippen LogP contribution in [0.15, 0.2) is 11.5 Å². The zero-order valence-corrected chi connectivity index (χ0v) is 6.77. The van der Waals surface area contributed by atoms with Crippen LogP contribution in [0.2, 0.25) is 0 Å². The SMILES string of the molecule is CC=CSOOC(C)C. The summed E-state index contributed by atoms with van der Waals surface area (Å²) < 4.78 is 4.67. The summed E-state index contributed by atoms with van der Waals surface area (Å²) in [7, 11) is 0. The van der Waals surface area contributed by atoms with E-state index < -0.39 is 0 Å². The van der Waals surface area contributed by atoms with Gasteiger partial charge < -0.3 is 0 Å². The molecule has 0 atom stereocenters. The maximum absolute atomic E-state index is 4.76. The fourth-order valence-electron chi connectivity index (χ4n) is 0.179. The van der Waals surface area contributed by atoms with E-state index in [4.69, 9.17) is 4.89 Å². The molecule has 0 aromatic rings. The van der Waals surface area contributed by atoms with Crippen molar-refractivity contribution in [3.05, 3.63) is 11.5 Å². The fourth-order valence-corrected chi connectivity index (χ4v) is 0.538. The molecule has 0 saturated carbocycles. The number of rotatable bonds is 4. The van der Waals surface area contributed by atoms with Crippen LogP contribution in [0, 0.1) is 0 Å². The highest BCUT2D eigenvalue weighted by Gasteiger charge is 1.90. The Morgan fingerprint density at radius 1 is 1.44 bits per heavy atom. The first-order valence-electron chi connectivity index (χ1n) is 2.87. The van der Waals surface area contributed by atoms with Crippen LogP contribution >= 0.6 is 12.0 Å². The van der Waals surface area contributed by atoms with Crippen LogP contribution in [0.25, 0.3) is 0 Å². The van der Waals surface area contributed by atoms with E-state index in [9.17, 15) is 0 Å². The first-order valence-corrected chi connectivity index (χ1v) is 3.67. The van der Waals surface area contributed by atoms with Crippen molar-refractivity contribution in [1.82, 2.24) is 0 Å². The second-order valence-corrected chi connectivity index (χ2v) is 2.38. The van der Waals surface area contributed by atoms with Gasteiger partial charge in [0.25, 0.3) is 0 Å². The van der Waals surface area contributed by atoms with E-state index in [2.05, 4.69) is 4.33 Å². The first-order chi connectivity index (χ1) is 4.27. The maximum Gasteiger partial charge on any atom is 0.0886 e. The molecule has 0 aromatic carbocycles. The Morgan fingerprint density at radius 3 is 2.56 bits per heavy atom. The smallest absolute Gasteiger partial charge is 0.0886 e. The van der Waals surface area contributed by atoms with Crippen molar-refractivity contribution >= 4 is 12.0 Å². The first kappa shape index (κ1) is 9.01. The molecule has 0 aliphatic carbocycles. The molecule has 54 valence electrons. The Kier molecular flexibility index (Phi) is 6.14. The van der Waals surface area contributed by atoms with Crippen LogP contribution in [-0.2, 0) is 9.22 Å². The number of hydrogen-bond acceptors (Lipinski definition) is 3. The molecule has 0 rings (SSSR count). The third kappa shape index (κ3) is 8.01. The molecule has 9 heavy (non-hydrogen) atoms. The van der Waals surface area contributed by atoms with E-state index in [1.807, 2.05) is 32.3 Å². The van der Waals surface area contributed by atoms with Gasteiger partial charge in [-0.15, -0.1) is 0 Å². The van der Waals surface area contributed by atoms with Gasteiger partial charge in [-0.1, -0.05) is 6.08 Å². The van der Waals surface area contributed by atoms with Crippen molar-refractivity contribution < 1.29 is 9.22 Å².